The summed E-state index contributed by atoms with van der Waals surface area (Å²) < 4.78 is 0. The first-order valence-electron chi connectivity index (χ1n) is 6.99. The molecule has 2 fully saturated rings. The van der Waals surface area contributed by atoms with Crippen LogP contribution in [0, 0.1) is 5.92 Å². The van der Waals surface area contributed by atoms with Crippen molar-refractivity contribution in [1.82, 2.24) is 4.90 Å². The number of piperidine rings is 2. The zero-order chi connectivity index (χ0) is 13.0. The molecule has 0 saturated carbocycles. The summed E-state index contributed by atoms with van der Waals surface area (Å²) in [6.45, 7) is 3.87. The Kier molecular flexibility index (Phi) is 4.58. The molecule has 5 heteroatoms. The molecule has 2 aliphatic rings. The van der Waals surface area contributed by atoms with E-state index in [4.69, 9.17) is 0 Å². The van der Waals surface area contributed by atoms with Crippen LogP contribution in [0.1, 0.15) is 32.1 Å². The Morgan fingerprint density at radius 3 is 2.28 bits per heavy atom. The van der Waals surface area contributed by atoms with Crippen molar-refractivity contribution in [2.45, 2.75) is 32.1 Å². The Balaban J connectivity index is 1.73. The average Bonchev–Trinajstić information content (AvgIpc) is 2.40. The fraction of sp³-hybridized carbons (Fsp3) is 0.846. The molecular formula is C13H22N2O3. The number of nitrogens with one attached hydrogen (secondary N) is 1. The first-order chi connectivity index (χ1) is 8.66. The highest BCUT2D eigenvalue weighted by molar-refractivity contribution is 5.77. The lowest BCUT2D eigenvalue weighted by atomic mass is 9.97. The van der Waals surface area contributed by atoms with E-state index in [0.29, 0.717) is 19.4 Å². The van der Waals surface area contributed by atoms with Crippen molar-refractivity contribution in [1.29, 1.82) is 0 Å². The number of rotatable bonds is 3. The molecule has 2 saturated heterocycles. The van der Waals surface area contributed by atoms with E-state index in [-0.39, 0.29) is 11.8 Å². The normalized spacial score (nSPS) is 29.0. The number of carbonyl (C=O) groups excluding carboxylic acids is 2. The quantitative estimate of drug-likeness (QED) is 0.636. The van der Waals surface area contributed by atoms with Crippen LogP contribution in [0.3, 0.4) is 0 Å². The largest absolute Gasteiger partial charge is 0.550 e. The van der Waals surface area contributed by atoms with Crippen LogP contribution in [0.2, 0.25) is 0 Å². The smallest absolute Gasteiger partial charge is 0.277 e. The van der Waals surface area contributed by atoms with Crippen molar-refractivity contribution in [3.8, 4) is 0 Å². The lowest BCUT2D eigenvalue weighted by molar-refractivity contribution is -0.898. The molecule has 0 aromatic heterocycles. The van der Waals surface area contributed by atoms with Crippen LogP contribution >= 0.6 is 0 Å². The van der Waals surface area contributed by atoms with E-state index in [9.17, 15) is 14.7 Å². The minimum atomic E-state index is -0.934. The minimum Gasteiger partial charge on any atom is -0.550 e. The molecule has 0 aliphatic carbocycles. The number of carboxylic acids is 1. The van der Waals surface area contributed by atoms with Gasteiger partial charge in [0.05, 0.1) is 13.1 Å². The molecular weight excluding hydrogens is 232 g/mol. The summed E-state index contributed by atoms with van der Waals surface area (Å²) in [7, 11) is 0. The molecule has 0 aromatic carbocycles. The van der Waals surface area contributed by atoms with Gasteiger partial charge in [0.2, 0.25) is 0 Å². The maximum atomic E-state index is 12.1. The highest BCUT2D eigenvalue weighted by atomic mass is 16.4. The fourth-order valence-corrected chi connectivity index (χ4v) is 2.91. The van der Waals surface area contributed by atoms with Crippen molar-refractivity contribution < 1.29 is 19.6 Å². The van der Waals surface area contributed by atoms with Crippen molar-refractivity contribution in [3.05, 3.63) is 0 Å². The predicted molar refractivity (Wildman–Crippen MR) is 63.7 cm³/mol. The number of hydrogen-bond acceptors (Lipinski definition) is 3. The molecule has 0 atom stereocenters. The van der Waals surface area contributed by atoms with Gasteiger partial charge in [-0.1, -0.05) is 0 Å². The summed E-state index contributed by atoms with van der Waals surface area (Å²) in [5.74, 6) is -1.01. The van der Waals surface area contributed by atoms with Crippen molar-refractivity contribution in [3.63, 3.8) is 0 Å². The Labute approximate surface area is 108 Å². The summed E-state index contributed by atoms with van der Waals surface area (Å²) in [4.78, 5) is 26.0. The summed E-state index contributed by atoms with van der Waals surface area (Å²) in [6.07, 6.45) is 4.76. The van der Waals surface area contributed by atoms with Crippen LogP contribution < -0.4 is 10.0 Å². The summed E-state index contributed by atoms with van der Waals surface area (Å²) in [6, 6.07) is 0. The Hall–Kier alpha value is -1.10. The highest BCUT2D eigenvalue weighted by Crippen LogP contribution is 2.09. The number of carbonyl (C=O) groups is 2. The maximum Gasteiger partial charge on any atom is 0.277 e. The van der Waals surface area contributed by atoms with Crippen LogP contribution in [-0.2, 0) is 9.59 Å². The number of amides is 1. The molecule has 0 radical (unpaired) electrons. The van der Waals surface area contributed by atoms with Gasteiger partial charge >= 0.3 is 0 Å². The lowest BCUT2D eigenvalue weighted by Gasteiger charge is -2.32. The average molecular weight is 254 g/mol. The van der Waals surface area contributed by atoms with Crippen molar-refractivity contribution >= 4 is 11.9 Å². The molecule has 18 heavy (non-hydrogen) atoms. The monoisotopic (exact) mass is 254 g/mol. The number of aliphatic carboxylic acids is 1. The Morgan fingerprint density at radius 1 is 1.11 bits per heavy atom. The first kappa shape index (κ1) is 13.3. The predicted octanol–water partition coefficient (Wildman–Crippen LogP) is -1.96. The van der Waals surface area contributed by atoms with E-state index in [2.05, 4.69) is 0 Å². The second-order valence-corrected chi connectivity index (χ2v) is 5.46. The molecule has 1 amide bonds. The molecule has 5 nitrogen and oxygen atoms in total. The number of nitrogens with zero attached hydrogens (tertiary/aromatic N) is 1. The van der Waals surface area contributed by atoms with Crippen LogP contribution in [0.25, 0.3) is 0 Å². The van der Waals surface area contributed by atoms with Gasteiger partial charge in [0, 0.05) is 37.8 Å². The van der Waals surface area contributed by atoms with Gasteiger partial charge in [-0.3, -0.25) is 4.79 Å². The first-order valence-corrected chi connectivity index (χ1v) is 6.99. The number of carboxylic acid groups (broad SMARTS) is 1. The second-order valence-electron chi connectivity index (χ2n) is 5.46. The molecule has 2 aliphatic heterocycles. The van der Waals surface area contributed by atoms with E-state index in [1.54, 1.807) is 0 Å². The Bertz CT molecular complexity index is 305. The van der Waals surface area contributed by atoms with Crippen molar-refractivity contribution in [2.24, 2.45) is 5.92 Å². The lowest BCUT2D eigenvalue weighted by Crippen LogP contribution is -3.14. The zero-order valence-corrected chi connectivity index (χ0v) is 10.8. The number of likely N-dealkylation sites (tertiary alicyclic amines) is 2. The maximum absolute atomic E-state index is 12.1. The van der Waals surface area contributed by atoms with Gasteiger partial charge in [0.15, 0.2) is 6.54 Å². The van der Waals surface area contributed by atoms with Gasteiger partial charge in [0.1, 0.15) is 0 Å². The van der Waals surface area contributed by atoms with Gasteiger partial charge < -0.3 is 19.7 Å². The standard InChI is InChI=1S/C13H22N2O3/c16-12(15-6-2-1-3-7-15)10-14-8-4-11(5-9-14)13(17)18/h11H,1-10H2,(H,17,18). The van der Waals surface area contributed by atoms with E-state index in [1.165, 1.54) is 11.3 Å². The van der Waals surface area contributed by atoms with E-state index in [0.717, 1.165) is 39.0 Å². The summed E-state index contributed by atoms with van der Waals surface area (Å²) in [5, 5.41) is 10.7. The van der Waals surface area contributed by atoms with Crippen molar-refractivity contribution in [2.75, 3.05) is 32.7 Å². The van der Waals surface area contributed by atoms with Gasteiger partial charge in [-0.15, -0.1) is 0 Å². The Morgan fingerprint density at radius 2 is 1.72 bits per heavy atom. The zero-order valence-electron chi connectivity index (χ0n) is 10.8. The van der Waals surface area contributed by atoms with Gasteiger partial charge in [-0.25, -0.2) is 0 Å². The summed E-state index contributed by atoms with van der Waals surface area (Å²) >= 11 is 0. The third-order valence-electron chi connectivity index (χ3n) is 4.14. The second kappa shape index (κ2) is 6.18. The summed E-state index contributed by atoms with van der Waals surface area (Å²) in [5.41, 5.74) is 0. The van der Waals surface area contributed by atoms with E-state index < -0.39 is 5.97 Å². The molecule has 0 unspecified atom stereocenters. The number of hydrogen-bond donors (Lipinski definition) is 1. The van der Waals surface area contributed by atoms with Crippen LogP contribution in [0.4, 0.5) is 0 Å². The van der Waals surface area contributed by atoms with E-state index >= 15 is 0 Å². The van der Waals surface area contributed by atoms with E-state index in [1.807, 2.05) is 4.90 Å². The molecule has 2 heterocycles. The van der Waals surface area contributed by atoms with Gasteiger partial charge in [0.25, 0.3) is 5.91 Å². The topological polar surface area (TPSA) is 64.9 Å². The third kappa shape index (κ3) is 3.45. The number of quaternary nitrogens is 1. The molecule has 2 rings (SSSR count). The molecule has 1 N–H and O–H groups in total. The SMILES string of the molecule is O=C([O-])C1CC[NH+](CC(=O)N2CCCCC2)CC1. The molecule has 0 spiro atoms. The van der Waals surface area contributed by atoms with Crippen LogP contribution in [0.5, 0.6) is 0 Å². The molecule has 0 bridgehead atoms. The van der Waals surface area contributed by atoms with Crippen LogP contribution in [0.15, 0.2) is 0 Å². The van der Waals surface area contributed by atoms with Gasteiger partial charge in [-0.2, -0.15) is 0 Å². The molecule has 102 valence electrons. The highest BCUT2D eigenvalue weighted by Gasteiger charge is 2.26. The minimum absolute atomic E-state index is 0.233. The third-order valence-corrected chi connectivity index (χ3v) is 4.14. The van der Waals surface area contributed by atoms with Crippen LogP contribution in [-0.4, -0.2) is 49.5 Å². The molecule has 0 aromatic rings. The van der Waals surface area contributed by atoms with Gasteiger partial charge in [-0.05, 0) is 19.3 Å². The fourth-order valence-electron chi connectivity index (χ4n) is 2.91.